The topological polar surface area (TPSA) is 17.1 Å². The molecule has 0 aliphatic heterocycles. The molecule has 0 aliphatic carbocycles. The third-order valence-electron chi connectivity index (χ3n) is 4.59. The zero-order valence-electron chi connectivity index (χ0n) is 14.0. The third-order valence-corrected chi connectivity index (χ3v) is 5.64. The molecule has 1 rings (SSSR count). The van der Waals surface area contributed by atoms with Crippen LogP contribution in [0.3, 0.4) is 0 Å². The first-order chi connectivity index (χ1) is 10.4. The predicted molar refractivity (Wildman–Crippen MR) is 93.8 cm³/mol. The zero-order chi connectivity index (χ0) is 16.7. The molecule has 0 saturated heterocycles. The molecule has 1 aromatic rings. The first kappa shape index (κ1) is 18.8. The van der Waals surface area contributed by atoms with Gasteiger partial charge in [0.25, 0.3) is 0 Å². The first-order valence-electron chi connectivity index (χ1n) is 7.73. The molecule has 0 aliphatic rings. The molecule has 0 heterocycles. The van der Waals surface area contributed by atoms with Crippen LogP contribution in [-0.4, -0.2) is 17.8 Å². The van der Waals surface area contributed by atoms with Crippen LogP contribution in [0.15, 0.2) is 18.2 Å². The largest absolute Gasteiger partial charge is 0.298 e. The van der Waals surface area contributed by atoms with Gasteiger partial charge in [-0.25, -0.2) is 4.39 Å². The highest BCUT2D eigenvalue weighted by atomic mass is 32.2. The fourth-order valence-corrected chi connectivity index (χ4v) is 3.28. The van der Waals surface area contributed by atoms with Gasteiger partial charge in [0.1, 0.15) is 5.82 Å². The first-order valence-corrected chi connectivity index (χ1v) is 9.02. The molecule has 1 aromatic carbocycles. The molecule has 0 fully saturated rings. The molecule has 1 nitrogen and oxygen atoms in total. The second kappa shape index (κ2) is 9.00. The second-order valence-electron chi connectivity index (χ2n) is 5.88. The van der Waals surface area contributed by atoms with E-state index in [2.05, 4.69) is 45.8 Å². The van der Waals surface area contributed by atoms with Gasteiger partial charge >= 0.3 is 0 Å². The molecule has 0 N–H and O–H groups in total. The van der Waals surface area contributed by atoms with Gasteiger partial charge in [0, 0.05) is 5.56 Å². The summed E-state index contributed by atoms with van der Waals surface area (Å²) in [6, 6.07) is 4.50. The van der Waals surface area contributed by atoms with Gasteiger partial charge in [0.05, 0.1) is 10.8 Å². The number of benzene rings is 1. The van der Waals surface area contributed by atoms with Crippen molar-refractivity contribution < 1.29 is 9.18 Å². The van der Waals surface area contributed by atoms with Gasteiger partial charge in [-0.15, -0.1) is 11.8 Å². The number of carbonyl (C=O) groups excluding carboxylic acids is 1. The van der Waals surface area contributed by atoms with Crippen LogP contribution in [0.1, 0.15) is 50.0 Å². The van der Waals surface area contributed by atoms with Crippen LogP contribution < -0.4 is 0 Å². The van der Waals surface area contributed by atoms with E-state index >= 15 is 0 Å². The lowest BCUT2D eigenvalue weighted by Crippen LogP contribution is -2.24. The Morgan fingerprint density at radius 2 is 1.95 bits per heavy atom. The van der Waals surface area contributed by atoms with E-state index in [1.807, 2.05) is 0 Å². The van der Waals surface area contributed by atoms with Crippen molar-refractivity contribution in [2.75, 3.05) is 6.26 Å². The second-order valence-corrected chi connectivity index (χ2v) is 6.86. The van der Waals surface area contributed by atoms with Crippen LogP contribution in [0.2, 0.25) is 0 Å². The van der Waals surface area contributed by atoms with Crippen LogP contribution in [0.5, 0.6) is 0 Å². The fourth-order valence-electron chi connectivity index (χ4n) is 2.43. The Morgan fingerprint density at radius 1 is 1.27 bits per heavy atom. The van der Waals surface area contributed by atoms with Gasteiger partial charge in [-0.05, 0) is 42.2 Å². The number of hydrogen-bond donors (Lipinski definition) is 0. The highest BCUT2D eigenvalue weighted by molar-refractivity contribution is 7.99. The predicted octanol–water partition coefficient (Wildman–Crippen LogP) is 5.04. The maximum atomic E-state index is 13.6. The smallest absolute Gasteiger partial charge is 0.152 e. The normalized spacial score (nSPS) is 16.1. The summed E-state index contributed by atoms with van der Waals surface area (Å²) in [5.41, 5.74) is 0.691. The number of aldehydes is 1. The Kier molecular flexibility index (Phi) is 7.68. The summed E-state index contributed by atoms with van der Waals surface area (Å²) in [5, 5.41) is 0.220. The maximum Gasteiger partial charge on any atom is 0.152 e. The van der Waals surface area contributed by atoms with E-state index in [-0.39, 0.29) is 10.8 Å². The molecule has 0 saturated carbocycles. The molecule has 2 unspecified atom stereocenters. The number of rotatable bonds is 6. The van der Waals surface area contributed by atoms with Crippen molar-refractivity contribution in [1.29, 1.82) is 0 Å². The Hall–Kier alpha value is -1.27. The van der Waals surface area contributed by atoms with Gasteiger partial charge in [-0.1, -0.05) is 46.0 Å². The lowest BCUT2D eigenvalue weighted by atomic mass is 9.82. The van der Waals surface area contributed by atoms with Gasteiger partial charge in [0.2, 0.25) is 0 Å². The van der Waals surface area contributed by atoms with Crippen LogP contribution in [0, 0.1) is 35.4 Å². The molecule has 0 aromatic heterocycles. The summed E-state index contributed by atoms with van der Waals surface area (Å²) in [5.74, 6) is 7.53. The van der Waals surface area contributed by atoms with Crippen molar-refractivity contribution >= 4 is 18.0 Å². The van der Waals surface area contributed by atoms with E-state index in [9.17, 15) is 9.18 Å². The molecular formula is C19H25FOS. The van der Waals surface area contributed by atoms with Crippen molar-refractivity contribution in [3.8, 4) is 11.8 Å². The van der Waals surface area contributed by atoms with Gasteiger partial charge in [-0.3, -0.25) is 4.79 Å². The molecule has 0 amide bonds. The van der Waals surface area contributed by atoms with Crippen LogP contribution >= 0.6 is 11.8 Å². The minimum atomic E-state index is -0.511. The van der Waals surface area contributed by atoms with Crippen LogP contribution in [0.25, 0.3) is 0 Å². The van der Waals surface area contributed by atoms with E-state index < -0.39 is 5.82 Å². The number of thioether (sulfide) groups is 1. The summed E-state index contributed by atoms with van der Waals surface area (Å²) in [6.45, 7) is 9.01. The standard InChI is InChI=1S/C19H25FOS/c1-6-13(2)14(3)15(4)19(22-5)10-8-16-7-9-17(12-21)18(20)11-16/h7,9,11-15,19H,6H2,1-5H3/t13-,14-,15?,19?/m0/s1. The average Bonchev–Trinajstić information content (AvgIpc) is 2.53. The quantitative estimate of drug-likeness (QED) is 0.539. The molecule has 0 spiro atoms. The Balaban J connectivity index is 2.91. The Labute approximate surface area is 138 Å². The zero-order valence-corrected chi connectivity index (χ0v) is 14.8. The van der Waals surface area contributed by atoms with Gasteiger partial charge in [-0.2, -0.15) is 0 Å². The minimum Gasteiger partial charge on any atom is -0.298 e. The molecule has 3 heteroatoms. The Morgan fingerprint density at radius 3 is 2.45 bits per heavy atom. The van der Waals surface area contributed by atoms with Crippen molar-refractivity contribution in [3.05, 3.63) is 35.1 Å². The lowest BCUT2D eigenvalue weighted by Gasteiger charge is -2.28. The van der Waals surface area contributed by atoms with E-state index in [1.54, 1.807) is 17.8 Å². The monoisotopic (exact) mass is 320 g/mol. The summed E-state index contributed by atoms with van der Waals surface area (Å²) in [7, 11) is 0. The maximum absolute atomic E-state index is 13.6. The van der Waals surface area contributed by atoms with E-state index in [0.717, 1.165) is 0 Å². The molecule has 0 radical (unpaired) electrons. The minimum absolute atomic E-state index is 0.0747. The molecule has 22 heavy (non-hydrogen) atoms. The van der Waals surface area contributed by atoms with Crippen molar-refractivity contribution in [2.24, 2.45) is 17.8 Å². The van der Waals surface area contributed by atoms with E-state index in [1.165, 1.54) is 18.6 Å². The van der Waals surface area contributed by atoms with Gasteiger partial charge < -0.3 is 0 Å². The van der Waals surface area contributed by atoms with E-state index in [0.29, 0.717) is 29.6 Å². The SMILES string of the molecule is CC[C@H](C)[C@H](C)C(C)C(C#Cc1ccc(C=O)c(F)c1)SC. The van der Waals surface area contributed by atoms with Crippen molar-refractivity contribution in [2.45, 2.75) is 39.4 Å². The highest BCUT2D eigenvalue weighted by Gasteiger charge is 2.24. The average molecular weight is 320 g/mol. The molecule has 4 atom stereocenters. The van der Waals surface area contributed by atoms with Gasteiger partial charge in [0.15, 0.2) is 6.29 Å². The summed E-state index contributed by atoms with van der Waals surface area (Å²) < 4.78 is 13.6. The lowest BCUT2D eigenvalue weighted by molar-refractivity contribution is 0.112. The summed E-state index contributed by atoms with van der Waals surface area (Å²) in [4.78, 5) is 10.6. The van der Waals surface area contributed by atoms with E-state index in [4.69, 9.17) is 0 Å². The number of halogens is 1. The summed E-state index contributed by atoms with van der Waals surface area (Å²) in [6.07, 6.45) is 3.75. The van der Waals surface area contributed by atoms with Crippen LogP contribution in [-0.2, 0) is 0 Å². The van der Waals surface area contributed by atoms with Crippen LogP contribution in [0.4, 0.5) is 4.39 Å². The summed E-state index contributed by atoms with van der Waals surface area (Å²) >= 11 is 1.74. The molecule has 0 bridgehead atoms. The highest BCUT2D eigenvalue weighted by Crippen LogP contribution is 2.30. The van der Waals surface area contributed by atoms with Crippen molar-refractivity contribution in [3.63, 3.8) is 0 Å². The Bertz CT molecular complexity index is 558. The number of hydrogen-bond acceptors (Lipinski definition) is 2. The molecule has 120 valence electrons. The number of carbonyl (C=O) groups is 1. The fraction of sp³-hybridized carbons (Fsp3) is 0.526. The molecular weight excluding hydrogens is 295 g/mol. The third kappa shape index (κ3) is 4.88. The van der Waals surface area contributed by atoms with Crippen molar-refractivity contribution in [1.82, 2.24) is 0 Å².